The van der Waals surface area contributed by atoms with Crippen molar-refractivity contribution in [3.05, 3.63) is 41.2 Å². The van der Waals surface area contributed by atoms with Crippen molar-refractivity contribution in [2.24, 2.45) is 5.92 Å². The van der Waals surface area contributed by atoms with Gasteiger partial charge in [-0.3, -0.25) is 4.79 Å². The number of fused-ring (bicyclic) bond motifs is 1. The molecule has 0 saturated carbocycles. The highest BCUT2D eigenvalue weighted by Crippen LogP contribution is 2.28. The second-order valence-electron chi connectivity index (χ2n) is 7.19. The summed E-state index contributed by atoms with van der Waals surface area (Å²) < 4.78 is 1.10. The van der Waals surface area contributed by atoms with Gasteiger partial charge in [-0.2, -0.15) is 0 Å². The van der Waals surface area contributed by atoms with Crippen LogP contribution in [0.1, 0.15) is 29.8 Å². The van der Waals surface area contributed by atoms with Gasteiger partial charge in [0.2, 0.25) is 11.9 Å². The van der Waals surface area contributed by atoms with Crippen LogP contribution >= 0.6 is 11.3 Å². The number of nitrogens with zero attached hydrogens (tertiary/aromatic N) is 4. The largest absolute Gasteiger partial charge is 0.341 e. The van der Waals surface area contributed by atoms with E-state index >= 15 is 0 Å². The van der Waals surface area contributed by atoms with Crippen molar-refractivity contribution >= 4 is 38.5 Å². The minimum absolute atomic E-state index is 0.000837. The van der Waals surface area contributed by atoms with E-state index in [1.807, 2.05) is 32.0 Å². The van der Waals surface area contributed by atoms with Crippen LogP contribution in [0.5, 0.6) is 0 Å². The number of aromatic nitrogens is 3. The van der Waals surface area contributed by atoms with E-state index in [1.54, 1.807) is 0 Å². The Morgan fingerprint density at radius 2 is 1.78 bits per heavy atom. The van der Waals surface area contributed by atoms with E-state index in [1.165, 1.54) is 16.9 Å². The fourth-order valence-corrected chi connectivity index (χ4v) is 4.45. The van der Waals surface area contributed by atoms with Gasteiger partial charge >= 0.3 is 0 Å². The zero-order valence-corrected chi connectivity index (χ0v) is 16.6. The molecule has 1 saturated heterocycles. The fourth-order valence-electron chi connectivity index (χ4n) is 3.48. The number of hydrogen-bond acceptors (Lipinski definition) is 6. The Labute approximate surface area is 162 Å². The van der Waals surface area contributed by atoms with Gasteiger partial charge in [0.15, 0.2) is 5.13 Å². The molecule has 1 aromatic carbocycles. The summed E-state index contributed by atoms with van der Waals surface area (Å²) in [6.07, 6.45) is 1.60. The van der Waals surface area contributed by atoms with Crippen LogP contribution < -0.4 is 10.2 Å². The zero-order chi connectivity index (χ0) is 19.0. The van der Waals surface area contributed by atoms with E-state index in [9.17, 15) is 4.79 Å². The Morgan fingerprint density at radius 1 is 1.07 bits per heavy atom. The molecule has 27 heavy (non-hydrogen) atoms. The maximum atomic E-state index is 12.7. The first-order valence-corrected chi connectivity index (χ1v) is 10.0. The van der Waals surface area contributed by atoms with Crippen molar-refractivity contribution in [3.8, 4) is 0 Å². The number of amides is 1. The first kappa shape index (κ1) is 17.9. The van der Waals surface area contributed by atoms with Crippen LogP contribution in [0.4, 0.5) is 11.1 Å². The highest BCUT2D eigenvalue weighted by atomic mass is 32.1. The van der Waals surface area contributed by atoms with Crippen LogP contribution in [0.25, 0.3) is 10.2 Å². The quantitative estimate of drug-likeness (QED) is 0.746. The third kappa shape index (κ3) is 3.93. The number of nitrogens with one attached hydrogen (secondary N) is 1. The van der Waals surface area contributed by atoms with Gasteiger partial charge < -0.3 is 10.2 Å². The molecule has 3 aromatic rings. The normalized spacial score (nSPS) is 15.3. The summed E-state index contributed by atoms with van der Waals surface area (Å²) in [7, 11) is 0. The molecular weight excluding hydrogens is 358 g/mol. The number of rotatable bonds is 3. The van der Waals surface area contributed by atoms with Gasteiger partial charge in [0.1, 0.15) is 0 Å². The number of carbonyl (C=O) groups is 1. The Morgan fingerprint density at radius 3 is 2.48 bits per heavy atom. The Balaban J connectivity index is 1.39. The van der Waals surface area contributed by atoms with Crippen LogP contribution in [-0.2, 0) is 4.79 Å². The summed E-state index contributed by atoms with van der Waals surface area (Å²) >= 11 is 1.53. The van der Waals surface area contributed by atoms with E-state index < -0.39 is 0 Å². The topological polar surface area (TPSA) is 71.0 Å². The number of carbonyl (C=O) groups excluding carboxylic acids is 1. The molecule has 1 N–H and O–H groups in total. The van der Waals surface area contributed by atoms with Crippen molar-refractivity contribution < 1.29 is 4.79 Å². The molecular formula is C20H23N5OS. The van der Waals surface area contributed by atoms with Gasteiger partial charge in [0.25, 0.3) is 0 Å². The predicted molar refractivity (Wildman–Crippen MR) is 109 cm³/mol. The molecule has 0 bridgehead atoms. The lowest BCUT2D eigenvalue weighted by Gasteiger charge is -2.31. The molecule has 1 amide bonds. The molecule has 6 nitrogen and oxygen atoms in total. The summed E-state index contributed by atoms with van der Waals surface area (Å²) in [6.45, 7) is 7.61. The Kier molecular flexibility index (Phi) is 4.78. The molecule has 1 aliphatic heterocycles. The molecule has 7 heteroatoms. The number of thiazole rings is 1. The number of hydrogen-bond donors (Lipinski definition) is 1. The Hall–Kier alpha value is -2.54. The zero-order valence-electron chi connectivity index (χ0n) is 15.8. The lowest BCUT2D eigenvalue weighted by molar-refractivity contribution is -0.120. The second-order valence-corrected chi connectivity index (χ2v) is 8.22. The van der Waals surface area contributed by atoms with Gasteiger partial charge in [-0.1, -0.05) is 17.4 Å². The molecule has 4 rings (SSSR count). The number of piperidine rings is 1. The Bertz CT molecular complexity index is 971. The molecule has 140 valence electrons. The minimum atomic E-state index is 0.000837. The molecule has 1 aliphatic rings. The SMILES string of the molecule is Cc1ccc2nc(NC(=O)C3CCN(c4nc(C)cc(C)n4)CC3)sc2c1. The van der Waals surface area contributed by atoms with E-state index in [0.29, 0.717) is 5.13 Å². The molecule has 0 spiro atoms. The number of benzene rings is 1. The summed E-state index contributed by atoms with van der Waals surface area (Å²) in [6, 6.07) is 8.12. The van der Waals surface area contributed by atoms with Crippen molar-refractivity contribution in [2.75, 3.05) is 23.3 Å². The highest BCUT2D eigenvalue weighted by Gasteiger charge is 2.27. The fraction of sp³-hybridized carbons (Fsp3) is 0.400. The molecule has 2 aromatic heterocycles. The van der Waals surface area contributed by atoms with Crippen molar-refractivity contribution in [2.45, 2.75) is 33.6 Å². The van der Waals surface area contributed by atoms with E-state index in [0.717, 1.165) is 53.5 Å². The van der Waals surface area contributed by atoms with Gasteiger partial charge in [-0.15, -0.1) is 0 Å². The standard InChI is InChI=1S/C20H23N5OS/c1-12-4-5-16-17(10-12)27-20(23-16)24-18(26)15-6-8-25(9-7-15)19-21-13(2)11-14(3)22-19/h4-5,10-11,15H,6-9H2,1-3H3,(H,23,24,26). The molecule has 0 atom stereocenters. The third-order valence-electron chi connectivity index (χ3n) is 4.89. The maximum absolute atomic E-state index is 12.7. The van der Waals surface area contributed by atoms with Crippen molar-refractivity contribution in [1.29, 1.82) is 0 Å². The first-order valence-electron chi connectivity index (χ1n) is 9.23. The van der Waals surface area contributed by atoms with Crippen LogP contribution in [0.2, 0.25) is 0 Å². The third-order valence-corrected chi connectivity index (χ3v) is 5.83. The monoisotopic (exact) mass is 381 g/mol. The van der Waals surface area contributed by atoms with E-state index in [2.05, 4.69) is 38.2 Å². The van der Waals surface area contributed by atoms with Crippen LogP contribution in [0.3, 0.4) is 0 Å². The average molecular weight is 382 g/mol. The number of anilines is 2. The van der Waals surface area contributed by atoms with Crippen LogP contribution in [0.15, 0.2) is 24.3 Å². The maximum Gasteiger partial charge on any atom is 0.229 e. The molecule has 0 aliphatic carbocycles. The van der Waals surface area contributed by atoms with E-state index in [-0.39, 0.29) is 11.8 Å². The molecule has 3 heterocycles. The lowest BCUT2D eigenvalue weighted by atomic mass is 9.96. The van der Waals surface area contributed by atoms with Gasteiger partial charge in [-0.25, -0.2) is 15.0 Å². The van der Waals surface area contributed by atoms with Crippen LogP contribution in [0, 0.1) is 26.7 Å². The summed E-state index contributed by atoms with van der Waals surface area (Å²) in [5.41, 5.74) is 4.08. The van der Waals surface area contributed by atoms with Gasteiger partial charge in [0.05, 0.1) is 10.2 Å². The predicted octanol–water partition coefficient (Wildman–Crippen LogP) is 3.87. The van der Waals surface area contributed by atoms with Crippen molar-refractivity contribution in [3.63, 3.8) is 0 Å². The summed E-state index contributed by atoms with van der Waals surface area (Å²) in [5, 5.41) is 3.69. The smallest absolute Gasteiger partial charge is 0.229 e. The first-order chi connectivity index (χ1) is 13.0. The second kappa shape index (κ2) is 7.23. The van der Waals surface area contributed by atoms with Gasteiger partial charge in [0, 0.05) is 30.4 Å². The van der Waals surface area contributed by atoms with E-state index in [4.69, 9.17) is 0 Å². The van der Waals surface area contributed by atoms with Gasteiger partial charge in [-0.05, 0) is 57.4 Å². The molecule has 0 unspecified atom stereocenters. The molecule has 1 fully saturated rings. The minimum Gasteiger partial charge on any atom is -0.341 e. The molecule has 0 radical (unpaired) electrons. The summed E-state index contributed by atoms with van der Waals surface area (Å²) in [5.74, 6) is 0.834. The lowest BCUT2D eigenvalue weighted by Crippen LogP contribution is -2.39. The highest BCUT2D eigenvalue weighted by molar-refractivity contribution is 7.22. The van der Waals surface area contributed by atoms with Crippen LogP contribution in [-0.4, -0.2) is 33.9 Å². The number of aryl methyl sites for hydroxylation is 3. The summed E-state index contributed by atoms with van der Waals surface area (Å²) in [4.78, 5) is 28.4. The van der Waals surface area contributed by atoms with Crippen molar-refractivity contribution in [1.82, 2.24) is 15.0 Å². The average Bonchev–Trinajstić information content (AvgIpc) is 3.02.